The lowest BCUT2D eigenvalue weighted by Gasteiger charge is -2.30. The van der Waals surface area contributed by atoms with E-state index in [2.05, 4.69) is 0 Å². The number of hydrogen-bond acceptors (Lipinski definition) is 7. The van der Waals surface area contributed by atoms with Crippen molar-refractivity contribution in [2.75, 3.05) is 13.7 Å². The van der Waals surface area contributed by atoms with Gasteiger partial charge in [0.1, 0.15) is 17.1 Å². The van der Waals surface area contributed by atoms with Crippen molar-refractivity contribution in [3.63, 3.8) is 0 Å². The van der Waals surface area contributed by atoms with Gasteiger partial charge in [0.2, 0.25) is 0 Å². The minimum Gasteiger partial charge on any atom is -0.495 e. The highest BCUT2D eigenvalue weighted by Gasteiger charge is 2.32. The Labute approximate surface area is 202 Å². The zero-order valence-corrected chi connectivity index (χ0v) is 20.3. The molecule has 3 aromatic rings. The summed E-state index contributed by atoms with van der Waals surface area (Å²) in [6.07, 6.45) is 0.165. The number of aryl methyl sites for hydroxylation is 1. The van der Waals surface area contributed by atoms with Gasteiger partial charge < -0.3 is 23.7 Å². The lowest BCUT2D eigenvalue weighted by atomic mass is 10.0. The summed E-state index contributed by atoms with van der Waals surface area (Å²) in [5.74, 6) is 0.159. The molecule has 0 saturated heterocycles. The van der Waals surface area contributed by atoms with E-state index in [-0.39, 0.29) is 18.0 Å². The monoisotopic (exact) mass is 481 g/mol. The standard InChI is InChI=1S/C25H27N3O7/c1-25(2,3)35-24(30)27-13-12-19-18(14-27)21-17(10-11-20(33-5)22(21)26(19)4)23(29)34-16-8-6-15(7-9-16)28(31)32/h6-11H,12-14H2,1-5H3. The summed E-state index contributed by atoms with van der Waals surface area (Å²) in [7, 11) is 3.46. The first kappa shape index (κ1) is 24.1. The normalized spacial score (nSPS) is 13.3. The fourth-order valence-corrected chi connectivity index (χ4v) is 4.31. The van der Waals surface area contributed by atoms with Crippen LogP contribution < -0.4 is 9.47 Å². The van der Waals surface area contributed by atoms with Gasteiger partial charge in [0, 0.05) is 48.8 Å². The second-order valence-electron chi connectivity index (χ2n) is 9.32. The number of carbonyl (C=O) groups is 2. The molecule has 35 heavy (non-hydrogen) atoms. The van der Waals surface area contributed by atoms with Crippen LogP contribution in [-0.2, 0) is 24.8 Å². The summed E-state index contributed by atoms with van der Waals surface area (Å²) in [4.78, 5) is 38.0. The number of nitro groups is 1. The van der Waals surface area contributed by atoms with Crippen molar-refractivity contribution in [2.24, 2.45) is 7.05 Å². The largest absolute Gasteiger partial charge is 0.495 e. The molecule has 0 N–H and O–H groups in total. The summed E-state index contributed by atoms with van der Waals surface area (Å²) >= 11 is 0. The van der Waals surface area contributed by atoms with Gasteiger partial charge in [0.05, 0.1) is 29.7 Å². The van der Waals surface area contributed by atoms with Gasteiger partial charge in [-0.2, -0.15) is 0 Å². The molecule has 1 amide bonds. The molecule has 1 aliphatic heterocycles. The van der Waals surface area contributed by atoms with Crippen LogP contribution in [0, 0.1) is 10.1 Å². The quantitative estimate of drug-likeness (QED) is 0.231. The van der Waals surface area contributed by atoms with Crippen molar-refractivity contribution in [1.82, 2.24) is 9.47 Å². The number of hydrogen-bond donors (Lipinski definition) is 0. The molecule has 1 aliphatic rings. The van der Waals surface area contributed by atoms with Gasteiger partial charge >= 0.3 is 12.1 Å². The van der Waals surface area contributed by atoms with Crippen LogP contribution in [0.3, 0.4) is 0 Å². The number of amides is 1. The molecule has 0 fully saturated rings. The van der Waals surface area contributed by atoms with Gasteiger partial charge in [0.15, 0.2) is 0 Å². The van der Waals surface area contributed by atoms with E-state index in [1.54, 1.807) is 24.1 Å². The van der Waals surface area contributed by atoms with Crippen molar-refractivity contribution in [1.29, 1.82) is 0 Å². The number of non-ortho nitro benzene ring substituents is 1. The Morgan fingerprint density at radius 2 is 1.77 bits per heavy atom. The van der Waals surface area contributed by atoms with Gasteiger partial charge in [-0.3, -0.25) is 10.1 Å². The third-order valence-electron chi connectivity index (χ3n) is 5.85. The number of aromatic nitrogens is 1. The second kappa shape index (κ2) is 8.94. The highest BCUT2D eigenvalue weighted by Crippen LogP contribution is 2.38. The van der Waals surface area contributed by atoms with E-state index in [4.69, 9.17) is 14.2 Å². The van der Waals surface area contributed by atoms with E-state index < -0.39 is 22.6 Å². The summed E-state index contributed by atoms with van der Waals surface area (Å²) in [5.41, 5.74) is 2.13. The van der Waals surface area contributed by atoms with Gasteiger partial charge in [-0.15, -0.1) is 0 Å². The maximum Gasteiger partial charge on any atom is 0.410 e. The molecule has 10 nitrogen and oxygen atoms in total. The topological polar surface area (TPSA) is 113 Å². The number of nitro benzene ring substituents is 1. The van der Waals surface area contributed by atoms with E-state index in [1.165, 1.54) is 24.3 Å². The van der Waals surface area contributed by atoms with E-state index >= 15 is 0 Å². The Bertz CT molecular complexity index is 1320. The minimum absolute atomic E-state index is 0.101. The van der Waals surface area contributed by atoms with Crippen LogP contribution in [0.2, 0.25) is 0 Å². The van der Waals surface area contributed by atoms with Gasteiger partial charge in [-0.1, -0.05) is 0 Å². The Morgan fingerprint density at radius 1 is 1.09 bits per heavy atom. The average Bonchev–Trinajstić information content (AvgIpc) is 3.10. The van der Waals surface area contributed by atoms with Crippen LogP contribution in [0.25, 0.3) is 10.9 Å². The zero-order valence-electron chi connectivity index (χ0n) is 20.3. The first-order chi connectivity index (χ1) is 16.5. The fraction of sp³-hybridized carbons (Fsp3) is 0.360. The highest BCUT2D eigenvalue weighted by molar-refractivity contribution is 6.08. The molecule has 184 valence electrons. The summed E-state index contributed by atoms with van der Waals surface area (Å²) in [6.45, 7) is 6.20. The SMILES string of the molecule is COc1ccc(C(=O)Oc2ccc([N+](=O)[O-])cc2)c2c3c(n(C)c12)CCN(C(=O)OC(C)(C)C)C3. The molecule has 0 unspecified atom stereocenters. The Balaban J connectivity index is 1.74. The van der Waals surface area contributed by atoms with E-state index in [0.29, 0.717) is 29.7 Å². The van der Waals surface area contributed by atoms with Crippen LogP contribution in [0.1, 0.15) is 42.4 Å². The molecule has 0 saturated carbocycles. The van der Waals surface area contributed by atoms with E-state index in [1.807, 2.05) is 32.4 Å². The van der Waals surface area contributed by atoms with Crippen LogP contribution in [0.5, 0.6) is 11.5 Å². The molecule has 0 radical (unpaired) electrons. The zero-order chi connectivity index (χ0) is 25.5. The number of methoxy groups -OCH3 is 1. The lowest BCUT2D eigenvalue weighted by Crippen LogP contribution is -2.40. The lowest BCUT2D eigenvalue weighted by molar-refractivity contribution is -0.384. The third-order valence-corrected chi connectivity index (χ3v) is 5.85. The number of benzene rings is 2. The van der Waals surface area contributed by atoms with Crippen molar-refractivity contribution in [3.05, 3.63) is 63.3 Å². The minimum atomic E-state index is -0.626. The molecule has 10 heteroatoms. The number of ether oxygens (including phenoxy) is 3. The molecule has 0 atom stereocenters. The van der Waals surface area contributed by atoms with Crippen LogP contribution in [-0.4, -0.2) is 45.7 Å². The number of fused-ring (bicyclic) bond motifs is 3. The van der Waals surface area contributed by atoms with Crippen molar-refractivity contribution >= 4 is 28.7 Å². The number of esters is 1. The Morgan fingerprint density at radius 3 is 2.37 bits per heavy atom. The van der Waals surface area contributed by atoms with Gasteiger partial charge in [0.25, 0.3) is 5.69 Å². The fourth-order valence-electron chi connectivity index (χ4n) is 4.31. The molecule has 0 bridgehead atoms. The summed E-state index contributed by atoms with van der Waals surface area (Å²) in [5, 5.41) is 11.5. The molecule has 4 rings (SSSR count). The maximum absolute atomic E-state index is 13.2. The number of carbonyl (C=O) groups excluding carboxylic acids is 2. The van der Waals surface area contributed by atoms with Crippen molar-refractivity contribution < 1.29 is 28.7 Å². The maximum atomic E-state index is 13.2. The summed E-state index contributed by atoms with van der Waals surface area (Å²) < 4.78 is 18.7. The van der Waals surface area contributed by atoms with E-state index in [9.17, 15) is 19.7 Å². The third kappa shape index (κ3) is 4.64. The molecule has 0 aliphatic carbocycles. The Hall–Kier alpha value is -4.08. The first-order valence-electron chi connectivity index (χ1n) is 11.1. The molecular weight excluding hydrogens is 454 g/mol. The smallest absolute Gasteiger partial charge is 0.410 e. The molecule has 2 heterocycles. The predicted molar refractivity (Wildman–Crippen MR) is 128 cm³/mol. The predicted octanol–water partition coefficient (Wildman–Crippen LogP) is 4.61. The molecule has 0 spiro atoms. The van der Waals surface area contributed by atoms with Crippen LogP contribution >= 0.6 is 0 Å². The van der Waals surface area contributed by atoms with Crippen LogP contribution in [0.4, 0.5) is 10.5 Å². The molecular formula is C25H27N3O7. The molecule has 2 aromatic carbocycles. The van der Waals surface area contributed by atoms with Crippen molar-refractivity contribution in [3.8, 4) is 11.5 Å². The van der Waals surface area contributed by atoms with E-state index in [0.717, 1.165) is 16.8 Å². The average molecular weight is 482 g/mol. The van der Waals surface area contributed by atoms with Gasteiger partial charge in [-0.25, -0.2) is 9.59 Å². The van der Waals surface area contributed by atoms with Crippen molar-refractivity contribution in [2.45, 2.75) is 39.3 Å². The highest BCUT2D eigenvalue weighted by atomic mass is 16.6. The number of rotatable bonds is 4. The van der Waals surface area contributed by atoms with Crippen LogP contribution in [0.15, 0.2) is 36.4 Å². The number of nitrogens with zero attached hydrogens (tertiary/aromatic N) is 3. The Kier molecular flexibility index (Phi) is 6.14. The van der Waals surface area contributed by atoms with Gasteiger partial charge in [-0.05, 0) is 45.0 Å². The second-order valence-corrected chi connectivity index (χ2v) is 9.32. The first-order valence-corrected chi connectivity index (χ1v) is 11.1. The summed E-state index contributed by atoms with van der Waals surface area (Å²) in [6, 6.07) is 8.63. The molecule has 1 aromatic heterocycles.